The van der Waals surface area contributed by atoms with E-state index in [9.17, 15) is 0 Å². The highest BCUT2D eigenvalue weighted by molar-refractivity contribution is 14.1. The minimum atomic E-state index is 0.512. The van der Waals surface area contributed by atoms with Crippen LogP contribution in [-0.2, 0) is 11.2 Å². The Morgan fingerprint density at radius 1 is 1.30 bits per heavy atom. The Kier molecular flexibility index (Phi) is 5.00. The summed E-state index contributed by atoms with van der Waals surface area (Å²) in [5.74, 6) is 0.708. The van der Waals surface area contributed by atoms with Crippen LogP contribution in [0.4, 0.5) is 0 Å². The molecule has 110 valence electrons. The number of nitrogens with one attached hydrogen (secondary N) is 1. The molecule has 2 nitrogen and oxygen atoms in total. The van der Waals surface area contributed by atoms with Gasteiger partial charge in [-0.3, -0.25) is 0 Å². The monoisotopic (exact) mass is 385 g/mol. The van der Waals surface area contributed by atoms with Crippen molar-refractivity contribution in [1.82, 2.24) is 5.32 Å². The van der Waals surface area contributed by atoms with E-state index in [2.05, 4.69) is 59.1 Å². The highest BCUT2D eigenvalue weighted by Crippen LogP contribution is 2.41. The molecule has 2 aliphatic heterocycles. The second-order valence-corrected chi connectivity index (χ2v) is 7.41. The van der Waals surface area contributed by atoms with Crippen LogP contribution in [0.2, 0.25) is 0 Å². The fraction of sp³-hybridized carbons (Fsp3) is 0.647. The predicted octanol–water partition coefficient (Wildman–Crippen LogP) is 3.77. The molecule has 2 fully saturated rings. The van der Waals surface area contributed by atoms with Crippen molar-refractivity contribution in [2.75, 3.05) is 6.54 Å². The number of fused-ring (bicyclic) bond motifs is 2. The molecule has 0 saturated carbocycles. The zero-order valence-electron chi connectivity index (χ0n) is 12.1. The number of hydrogen-bond acceptors (Lipinski definition) is 2. The van der Waals surface area contributed by atoms with Crippen LogP contribution in [0.3, 0.4) is 0 Å². The minimum absolute atomic E-state index is 0.512. The Hall–Kier alpha value is -0.130. The number of ether oxygens (including phenoxy) is 1. The molecule has 0 radical (unpaired) electrons. The van der Waals surface area contributed by atoms with E-state index in [4.69, 9.17) is 4.74 Å². The van der Waals surface area contributed by atoms with Gasteiger partial charge in [-0.1, -0.05) is 19.1 Å². The molecule has 0 aromatic heterocycles. The van der Waals surface area contributed by atoms with Gasteiger partial charge in [0, 0.05) is 15.5 Å². The van der Waals surface area contributed by atoms with Gasteiger partial charge in [0.05, 0.1) is 12.2 Å². The third-order valence-electron chi connectivity index (χ3n) is 4.70. The lowest BCUT2D eigenvalue weighted by molar-refractivity contribution is 0.0857. The molecule has 0 spiro atoms. The molecular weight excluding hydrogens is 361 g/mol. The quantitative estimate of drug-likeness (QED) is 0.753. The van der Waals surface area contributed by atoms with Crippen molar-refractivity contribution in [3.63, 3.8) is 0 Å². The Morgan fingerprint density at radius 2 is 2.10 bits per heavy atom. The highest BCUT2D eigenvalue weighted by atomic mass is 127. The summed E-state index contributed by atoms with van der Waals surface area (Å²) in [5.41, 5.74) is 1.45. The summed E-state index contributed by atoms with van der Waals surface area (Å²) < 4.78 is 7.37. The predicted molar refractivity (Wildman–Crippen MR) is 90.9 cm³/mol. The summed E-state index contributed by atoms with van der Waals surface area (Å²) in [4.78, 5) is 0. The van der Waals surface area contributed by atoms with Crippen molar-refractivity contribution in [1.29, 1.82) is 0 Å². The molecule has 0 aliphatic carbocycles. The summed E-state index contributed by atoms with van der Waals surface area (Å²) in [6.45, 7) is 3.36. The van der Waals surface area contributed by atoms with Gasteiger partial charge >= 0.3 is 0 Å². The molecule has 2 heterocycles. The molecule has 3 rings (SSSR count). The highest BCUT2D eigenvalue weighted by Gasteiger charge is 2.43. The topological polar surface area (TPSA) is 21.3 Å². The molecule has 4 unspecified atom stereocenters. The zero-order valence-corrected chi connectivity index (χ0v) is 14.3. The summed E-state index contributed by atoms with van der Waals surface area (Å²) in [5, 5.41) is 3.78. The SMILES string of the molecule is CCCNC(Cc1ccc(I)cc1)C1CC2CCC1O2. The van der Waals surface area contributed by atoms with Crippen LogP contribution in [0.5, 0.6) is 0 Å². The van der Waals surface area contributed by atoms with Gasteiger partial charge in [-0.15, -0.1) is 0 Å². The Balaban J connectivity index is 1.67. The van der Waals surface area contributed by atoms with Crippen LogP contribution in [0.25, 0.3) is 0 Å². The maximum Gasteiger partial charge on any atom is 0.0623 e. The third-order valence-corrected chi connectivity index (χ3v) is 5.41. The van der Waals surface area contributed by atoms with Crippen molar-refractivity contribution in [2.45, 2.75) is 57.3 Å². The van der Waals surface area contributed by atoms with E-state index in [0.717, 1.165) is 13.0 Å². The third kappa shape index (κ3) is 3.37. The maximum atomic E-state index is 6.06. The van der Waals surface area contributed by atoms with Gasteiger partial charge in [-0.05, 0) is 78.9 Å². The molecule has 2 aliphatic rings. The van der Waals surface area contributed by atoms with E-state index >= 15 is 0 Å². The molecule has 4 atom stereocenters. The zero-order chi connectivity index (χ0) is 13.9. The van der Waals surface area contributed by atoms with Crippen molar-refractivity contribution < 1.29 is 4.74 Å². The smallest absolute Gasteiger partial charge is 0.0623 e. The summed E-state index contributed by atoms with van der Waals surface area (Å²) in [7, 11) is 0. The first-order valence-corrected chi connectivity index (χ1v) is 8.97. The van der Waals surface area contributed by atoms with Gasteiger partial charge in [0.25, 0.3) is 0 Å². The number of hydrogen-bond donors (Lipinski definition) is 1. The van der Waals surface area contributed by atoms with Crippen molar-refractivity contribution in [3.05, 3.63) is 33.4 Å². The van der Waals surface area contributed by atoms with Gasteiger partial charge in [0.15, 0.2) is 0 Å². The molecule has 3 heteroatoms. The van der Waals surface area contributed by atoms with Crippen molar-refractivity contribution in [2.24, 2.45) is 5.92 Å². The lowest BCUT2D eigenvalue weighted by Gasteiger charge is -2.29. The molecule has 1 N–H and O–H groups in total. The second kappa shape index (κ2) is 6.75. The first-order chi connectivity index (χ1) is 9.76. The fourth-order valence-electron chi connectivity index (χ4n) is 3.68. The number of halogens is 1. The average Bonchev–Trinajstić information content (AvgIpc) is 3.08. The van der Waals surface area contributed by atoms with Gasteiger partial charge in [0.2, 0.25) is 0 Å². The lowest BCUT2D eigenvalue weighted by atomic mass is 9.81. The van der Waals surface area contributed by atoms with Crippen LogP contribution in [-0.4, -0.2) is 24.8 Å². The van der Waals surface area contributed by atoms with Crippen LogP contribution in [0.1, 0.15) is 38.2 Å². The van der Waals surface area contributed by atoms with Crippen LogP contribution < -0.4 is 5.32 Å². The maximum absolute atomic E-state index is 6.06. The molecule has 20 heavy (non-hydrogen) atoms. The Labute approximate surface area is 135 Å². The van der Waals surface area contributed by atoms with Crippen molar-refractivity contribution >= 4 is 22.6 Å². The van der Waals surface area contributed by atoms with E-state index in [1.807, 2.05) is 0 Å². The summed E-state index contributed by atoms with van der Waals surface area (Å²) >= 11 is 2.37. The standard InChI is InChI=1S/C17H24INO/c1-2-9-19-16(10-12-3-5-13(18)6-4-12)15-11-14-7-8-17(15)20-14/h3-6,14-17,19H,2,7-11H2,1H3. The van der Waals surface area contributed by atoms with E-state index in [0.29, 0.717) is 24.2 Å². The molecule has 2 bridgehead atoms. The molecule has 0 amide bonds. The van der Waals surface area contributed by atoms with Gasteiger partial charge < -0.3 is 10.1 Å². The van der Waals surface area contributed by atoms with E-state index < -0.39 is 0 Å². The minimum Gasteiger partial charge on any atom is -0.375 e. The second-order valence-electron chi connectivity index (χ2n) is 6.16. The van der Waals surface area contributed by atoms with E-state index in [1.54, 1.807) is 0 Å². The Morgan fingerprint density at radius 3 is 2.70 bits per heavy atom. The molecule has 1 aromatic rings. The summed E-state index contributed by atoms with van der Waals surface area (Å²) in [6, 6.07) is 9.55. The normalized spacial score (nSPS) is 29.8. The van der Waals surface area contributed by atoms with Crippen LogP contribution in [0, 0.1) is 9.49 Å². The van der Waals surface area contributed by atoms with Crippen LogP contribution >= 0.6 is 22.6 Å². The fourth-order valence-corrected chi connectivity index (χ4v) is 4.04. The first-order valence-electron chi connectivity index (χ1n) is 7.89. The first kappa shape index (κ1) is 14.8. The lowest BCUT2D eigenvalue weighted by Crippen LogP contribution is -2.42. The van der Waals surface area contributed by atoms with Crippen LogP contribution in [0.15, 0.2) is 24.3 Å². The largest absolute Gasteiger partial charge is 0.375 e. The van der Waals surface area contributed by atoms with Crippen molar-refractivity contribution in [3.8, 4) is 0 Å². The summed E-state index contributed by atoms with van der Waals surface area (Å²) in [6.07, 6.45) is 7.21. The van der Waals surface area contributed by atoms with Gasteiger partial charge in [-0.2, -0.15) is 0 Å². The van der Waals surface area contributed by atoms with Gasteiger partial charge in [-0.25, -0.2) is 0 Å². The average molecular weight is 385 g/mol. The van der Waals surface area contributed by atoms with E-state index in [1.165, 1.54) is 34.8 Å². The van der Waals surface area contributed by atoms with E-state index in [-0.39, 0.29) is 0 Å². The Bertz CT molecular complexity index is 433. The number of benzene rings is 1. The molecule has 1 aromatic carbocycles. The molecule has 2 saturated heterocycles. The molecular formula is C17H24INO. The number of rotatable bonds is 6. The van der Waals surface area contributed by atoms with Gasteiger partial charge in [0.1, 0.15) is 0 Å².